The van der Waals surface area contributed by atoms with Crippen LogP contribution in [0.15, 0.2) is 29.0 Å². The molecule has 1 aromatic carbocycles. The van der Waals surface area contributed by atoms with Gasteiger partial charge in [0.05, 0.1) is 6.20 Å². The van der Waals surface area contributed by atoms with Crippen LogP contribution in [0, 0.1) is 0 Å². The summed E-state index contributed by atoms with van der Waals surface area (Å²) >= 11 is 3.45. The molecule has 0 aliphatic carbocycles. The number of phenols is 1. The summed E-state index contributed by atoms with van der Waals surface area (Å²) in [6, 6.07) is 5.54. The Labute approximate surface area is 205 Å². The smallest absolute Gasteiger partial charge is 0.223 e. The molecule has 0 bridgehead atoms. The highest BCUT2D eigenvalue weighted by Gasteiger charge is 2.40. The van der Waals surface area contributed by atoms with E-state index >= 15 is 0 Å². The Morgan fingerprint density at radius 2 is 1.76 bits per heavy atom. The van der Waals surface area contributed by atoms with Gasteiger partial charge in [0.15, 0.2) is 0 Å². The molecule has 4 N–H and O–H groups in total. The molecular formula is C22H26BrClN8O. The maximum Gasteiger partial charge on any atom is 0.223 e. The summed E-state index contributed by atoms with van der Waals surface area (Å²) < 4.78 is 0.758. The number of H-pyrrole nitrogens is 2. The first-order valence-electron chi connectivity index (χ1n) is 10.5. The van der Waals surface area contributed by atoms with E-state index < -0.39 is 0 Å². The van der Waals surface area contributed by atoms with Gasteiger partial charge in [0, 0.05) is 27.8 Å². The number of aromatic nitrogens is 7. The molecule has 1 fully saturated rings. The third-order valence-electron chi connectivity index (χ3n) is 6.04. The third-order valence-corrected chi connectivity index (χ3v) is 6.64. The van der Waals surface area contributed by atoms with Crippen molar-refractivity contribution in [3.63, 3.8) is 0 Å². The molecule has 1 saturated heterocycles. The second kappa shape index (κ2) is 8.34. The molecule has 174 valence electrons. The van der Waals surface area contributed by atoms with Gasteiger partial charge >= 0.3 is 0 Å². The normalized spacial score (nSPS) is 17.7. The molecule has 3 aromatic heterocycles. The molecule has 0 atom stereocenters. The Hall–Kier alpha value is -2.56. The maximum atomic E-state index is 11.0. The molecule has 5 rings (SSSR count). The van der Waals surface area contributed by atoms with Crippen LogP contribution >= 0.6 is 28.3 Å². The second-order valence-electron chi connectivity index (χ2n) is 9.79. The van der Waals surface area contributed by atoms with Crippen molar-refractivity contribution >= 4 is 39.5 Å². The number of aromatic hydroxyl groups is 1. The summed E-state index contributed by atoms with van der Waals surface area (Å²) in [4.78, 5) is 0. The van der Waals surface area contributed by atoms with Crippen LogP contribution in [0.4, 0.5) is 0 Å². The van der Waals surface area contributed by atoms with Crippen LogP contribution in [0.25, 0.3) is 33.5 Å². The van der Waals surface area contributed by atoms with Crippen LogP contribution in [-0.4, -0.2) is 52.0 Å². The molecule has 4 aromatic rings. The molecule has 0 saturated carbocycles. The molecule has 0 unspecified atom stereocenters. The van der Waals surface area contributed by atoms with Crippen molar-refractivity contribution in [2.45, 2.75) is 57.5 Å². The zero-order chi connectivity index (χ0) is 22.7. The van der Waals surface area contributed by atoms with Crippen molar-refractivity contribution in [3.8, 4) is 28.1 Å². The SMILES string of the molecule is CC1(C)CC(c2c(-c3ccc(-c4cn[nH]c4Br)cc3O)nnc3n[nH]nc23)CC(C)(C)N1.Cl. The van der Waals surface area contributed by atoms with E-state index in [0.717, 1.165) is 34.1 Å². The number of rotatable bonds is 3. The zero-order valence-electron chi connectivity index (χ0n) is 18.8. The molecule has 9 nitrogen and oxygen atoms in total. The highest BCUT2D eigenvalue weighted by molar-refractivity contribution is 9.10. The molecule has 0 spiro atoms. The van der Waals surface area contributed by atoms with Crippen molar-refractivity contribution in [1.82, 2.24) is 41.1 Å². The maximum absolute atomic E-state index is 11.0. The molecule has 1 aliphatic rings. The zero-order valence-corrected chi connectivity index (χ0v) is 21.2. The van der Waals surface area contributed by atoms with E-state index in [2.05, 4.69) is 84.7 Å². The summed E-state index contributed by atoms with van der Waals surface area (Å²) in [5.74, 6) is 0.294. The Bertz CT molecular complexity index is 1300. The molecule has 11 heteroatoms. The predicted molar refractivity (Wildman–Crippen MR) is 132 cm³/mol. The predicted octanol–water partition coefficient (Wildman–Crippen LogP) is 4.72. The lowest BCUT2D eigenvalue weighted by Gasteiger charge is -2.46. The van der Waals surface area contributed by atoms with Crippen molar-refractivity contribution in [2.24, 2.45) is 0 Å². The van der Waals surface area contributed by atoms with Crippen LogP contribution < -0.4 is 5.32 Å². The third kappa shape index (κ3) is 4.34. The number of phenolic OH excluding ortho intramolecular Hbond substituents is 1. The first-order valence-corrected chi connectivity index (χ1v) is 11.3. The fraction of sp³-hybridized carbons (Fsp3) is 0.409. The molecular weight excluding hydrogens is 508 g/mol. The average molecular weight is 534 g/mol. The quantitative estimate of drug-likeness (QED) is 0.300. The topological polar surface area (TPSA) is 128 Å². The van der Waals surface area contributed by atoms with Crippen molar-refractivity contribution in [1.29, 1.82) is 0 Å². The summed E-state index contributed by atoms with van der Waals surface area (Å²) in [6.07, 6.45) is 3.51. The van der Waals surface area contributed by atoms with Crippen LogP contribution in [-0.2, 0) is 0 Å². The molecule has 33 heavy (non-hydrogen) atoms. The Kier molecular flexibility index (Phi) is 5.96. The van der Waals surface area contributed by atoms with E-state index in [0.29, 0.717) is 22.4 Å². The van der Waals surface area contributed by atoms with E-state index in [4.69, 9.17) is 0 Å². The Morgan fingerprint density at radius 3 is 2.39 bits per heavy atom. The minimum absolute atomic E-state index is 0. The summed E-state index contributed by atoms with van der Waals surface area (Å²) in [6.45, 7) is 8.85. The van der Waals surface area contributed by atoms with Crippen LogP contribution in [0.5, 0.6) is 5.75 Å². The number of benzene rings is 1. The Balaban J connectivity index is 0.00000259. The molecule has 1 aliphatic heterocycles. The van der Waals surface area contributed by atoms with Gasteiger partial charge in [-0.05, 0) is 80.1 Å². The minimum Gasteiger partial charge on any atom is -0.507 e. The lowest BCUT2D eigenvalue weighted by molar-refractivity contribution is 0.162. The largest absolute Gasteiger partial charge is 0.507 e. The Morgan fingerprint density at radius 1 is 1.03 bits per heavy atom. The number of fused-ring (bicyclic) bond motifs is 1. The van der Waals surface area contributed by atoms with Crippen molar-refractivity contribution in [2.75, 3.05) is 0 Å². The van der Waals surface area contributed by atoms with E-state index in [-0.39, 0.29) is 35.2 Å². The van der Waals surface area contributed by atoms with Gasteiger partial charge in [-0.15, -0.1) is 27.7 Å². The molecule has 0 amide bonds. The highest BCUT2D eigenvalue weighted by Crippen LogP contribution is 2.45. The first kappa shape index (κ1) is 23.6. The number of nitrogens with zero attached hydrogens (tertiary/aromatic N) is 5. The van der Waals surface area contributed by atoms with Gasteiger partial charge in [-0.2, -0.15) is 15.4 Å². The van der Waals surface area contributed by atoms with Crippen molar-refractivity contribution < 1.29 is 5.11 Å². The fourth-order valence-corrected chi connectivity index (χ4v) is 5.66. The van der Waals surface area contributed by atoms with Gasteiger partial charge in [-0.3, -0.25) is 5.10 Å². The molecule has 4 heterocycles. The number of nitrogens with one attached hydrogen (secondary N) is 3. The summed E-state index contributed by atoms with van der Waals surface area (Å²) in [5, 5.41) is 41.7. The lowest BCUT2D eigenvalue weighted by Crippen LogP contribution is -2.57. The number of halogens is 2. The number of hydrogen-bond acceptors (Lipinski definition) is 7. The van der Waals surface area contributed by atoms with Crippen molar-refractivity contribution in [3.05, 3.63) is 34.6 Å². The highest BCUT2D eigenvalue weighted by atomic mass is 79.9. The lowest BCUT2D eigenvalue weighted by atomic mass is 9.72. The minimum atomic E-state index is -0.0670. The van der Waals surface area contributed by atoms with E-state index in [1.54, 1.807) is 12.3 Å². The van der Waals surface area contributed by atoms with E-state index in [1.165, 1.54) is 0 Å². The standard InChI is InChI=1S/C22H25BrN8O.ClH/c1-21(2)8-12(9-22(3,4)30-21)16-17(25-28-20-18(16)26-31-29-20)13-6-5-11(7-15(13)32)14-10-24-27-19(14)23;/h5-7,10,12,30,32H,8-9H2,1-4H3,(H,24,27)(H,26,28,29,31);1H. The number of aromatic amines is 2. The summed E-state index contributed by atoms with van der Waals surface area (Å²) in [5.41, 5.74) is 4.99. The molecule has 0 radical (unpaired) electrons. The van der Waals surface area contributed by atoms with E-state index in [1.807, 2.05) is 12.1 Å². The van der Waals surface area contributed by atoms with Gasteiger partial charge in [0.2, 0.25) is 5.65 Å². The van der Waals surface area contributed by atoms with Gasteiger partial charge in [-0.1, -0.05) is 6.07 Å². The van der Waals surface area contributed by atoms with Crippen LogP contribution in [0.2, 0.25) is 0 Å². The fourth-order valence-electron chi connectivity index (χ4n) is 5.22. The average Bonchev–Trinajstić information content (AvgIpc) is 3.33. The van der Waals surface area contributed by atoms with Gasteiger partial charge in [-0.25, -0.2) is 0 Å². The van der Waals surface area contributed by atoms with Gasteiger partial charge < -0.3 is 10.4 Å². The summed E-state index contributed by atoms with van der Waals surface area (Å²) in [7, 11) is 0. The number of hydrogen-bond donors (Lipinski definition) is 4. The number of piperidine rings is 1. The van der Waals surface area contributed by atoms with E-state index in [9.17, 15) is 5.11 Å². The monoisotopic (exact) mass is 532 g/mol. The second-order valence-corrected chi connectivity index (χ2v) is 10.6. The van der Waals surface area contributed by atoms with Crippen LogP contribution in [0.3, 0.4) is 0 Å². The first-order chi connectivity index (χ1) is 15.1. The van der Waals surface area contributed by atoms with Gasteiger partial charge in [0.25, 0.3) is 0 Å². The van der Waals surface area contributed by atoms with Crippen LogP contribution in [0.1, 0.15) is 52.0 Å². The van der Waals surface area contributed by atoms with Gasteiger partial charge in [0.1, 0.15) is 21.6 Å².